The van der Waals surface area contributed by atoms with Crippen molar-refractivity contribution in [2.24, 2.45) is 0 Å². The Morgan fingerprint density at radius 2 is 2.06 bits per heavy atom. The molecule has 0 saturated heterocycles. The van der Waals surface area contributed by atoms with Crippen LogP contribution in [0.4, 0.5) is 5.88 Å². The molecule has 1 aromatic heterocycles. The van der Waals surface area contributed by atoms with E-state index in [1.54, 1.807) is 25.1 Å². The van der Waals surface area contributed by atoms with E-state index in [1.165, 1.54) is 6.07 Å². The third-order valence-corrected chi connectivity index (χ3v) is 2.84. The number of aryl methyl sites for hydroxylation is 1. The highest BCUT2D eigenvalue weighted by molar-refractivity contribution is 6.31. The van der Waals surface area contributed by atoms with Crippen molar-refractivity contribution in [1.82, 2.24) is 0 Å². The van der Waals surface area contributed by atoms with Gasteiger partial charge in [-0.1, -0.05) is 11.6 Å². The number of hydrogen-bond acceptors (Lipinski definition) is 4. The van der Waals surface area contributed by atoms with E-state index in [9.17, 15) is 14.9 Å². The van der Waals surface area contributed by atoms with Gasteiger partial charge in [0.25, 0.3) is 0 Å². The first-order chi connectivity index (χ1) is 8.49. The Morgan fingerprint density at radius 3 is 2.61 bits per heavy atom. The Balaban J connectivity index is 2.35. The minimum atomic E-state index is -0.691. The molecule has 6 heteroatoms. The molecular weight excluding hydrogens is 258 g/mol. The van der Waals surface area contributed by atoms with Gasteiger partial charge in [0.15, 0.2) is 5.76 Å². The smallest absolute Gasteiger partial charge is 0.397 e. The Labute approximate surface area is 107 Å². The van der Waals surface area contributed by atoms with Gasteiger partial charge < -0.3 is 4.42 Å². The van der Waals surface area contributed by atoms with Crippen LogP contribution in [-0.2, 0) is 0 Å². The summed E-state index contributed by atoms with van der Waals surface area (Å²) in [6, 6.07) is 7.19. The van der Waals surface area contributed by atoms with Gasteiger partial charge >= 0.3 is 5.88 Å². The van der Waals surface area contributed by atoms with Gasteiger partial charge in [0.2, 0.25) is 5.78 Å². The average molecular weight is 266 g/mol. The van der Waals surface area contributed by atoms with Gasteiger partial charge in [-0.2, -0.15) is 0 Å². The van der Waals surface area contributed by atoms with Crippen LogP contribution in [0.5, 0.6) is 0 Å². The van der Waals surface area contributed by atoms with Crippen LogP contribution in [-0.4, -0.2) is 10.7 Å². The number of halogens is 1. The third kappa shape index (κ3) is 2.26. The summed E-state index contributed by atoms with van der Waals surface area (Å²) in [5.74, 6) is -0.935. The number of rotatable bonds is 3. The van der Waals surface area contributed by atoms with Crippen LogP contribution in [0.3, 0.4) is 0 Å². The first-order valence-corrected chi connectivity index (χ1v) is 5.42. The van der Waals surface area contributed by atoms with E-state index < -0.39 is 16.6 Å². The third-order valence-electron chi connectivity index (χ3n) is 2.42. The quantitative estimate of drug-likeness (QED) is 0.484. The van der Waals surface area contributed by atoms with E-state index in [-0.39, 0.29) is 5.76 Å². The topological polar surface area (TPSA) is 73.3 Å². The van der Waals surface area contributed by atoms with Crippen LogP contribution in [0.1, 0.15) is 21.7 Å². The highest BCUT2D eigenvalue weighted by Crippen LogP contribution is 2.21. The molecule has 0 saturated carbocycles. The molecule has 0 radical (unpaired) electrons. The van der Waals surface area contributed by atoms with Gasteiger partial charge in [-0.15, -0.1) is 0 Å². The van der Waals surface area contributed by atoms with Crippen molar-refractivity contribution >= 4 is 23.3 Å². The minimum absolute atomic E-state index is 0.0663. The molecule has 0 spiro atoms. The van der Waals surface area contributed by atoms with E-state index in [1.807, 2.05) is 0 Å². The molecule has 0 aliphatic carbocycles. The molecule has 0 aliphatic rings. The van der Waals surface area contributed by atoms with E-state index in [4.69, 9.17) is 16.0 Å². The van der Waals surface area contributed by atoms with Crippen molar-refractivity contribution in [2.75, 3.05) is 0 Å². The van der Waals surface area contributed by atoms with Crippen LogP contribution in [0, 0.1) is 17.0 Å². The predicted molar refractivity (Wildman–Crippen MR) is 65.0 cm³/mol. The van der Waals surface area contributed by atoms with E-state index in [0.717, 1.165) is 11.6 Å². The molecule has 0 aliphatic heterocycles. The molecule has 2 aromatic rings. The number of carbonyl (C=O) groups is 1. The summed E-state index contributed by atoms with van der Waals surface area (Å²) >= 11 is 5.85. The number of benzene rings is 1. The second-order valence-electron chi connectivity index (χ2n) is 3.69. The molecule has 1 heterocycles. The first kappa shape index (κ1) is 12.3. The molecule has 0 unspecified atom stereocenters. The second-order valence-corrected chi connectivity index (χ2v) is 4.10. The number of carbonyl (C=O) groups excluding carboxylic acids is 1. The Hall–Kier alpha value is -2.14. The van der Waals surface area contributed by atoms with Crippen molar-refractivity contribution in [2.45, 2.75) is 6.92 Å². The number of nitrogens with zero attached hydrogens (tertiary/aromatic N) is 1. The van der Waals surface area contributed by atoms with Crippen molar-refractivity contribution < 1.29 is 14.1 Å². The zero-order valence-corrected chi connectivity index (χ0v) is 10.1. The summed E-state index contributed by atoms with van der Waals surface area (Å²) in [6.07, 6.45) is 0. The van der Waals surface area contributed by atoms with Gasteiger partial charge in [-0.3, -0.25) is 14.9 Å². The van der Waals surface area contributed by atoms with Crippen LogP contribution >= 0.6 is 11.6 Å². The van der Waals surface area contributed by atoms with Crippen molar-refractivity contribution in [1.29, 1.82) is 0 Å². The molecule has 2 rings (SSSR count). The normalized spacial score (nSPS) is 10.3. The fourth-order valence-electron chi connectivity index (χ4n) is 1.48. The maximum absolute atomic E-state index is 12.0. The Bertz CT molecular complexity index is 633. The maximum atomic E-state index is 12.0. The summed E-state index contributed by atoms with van der Waals surface area (Å²) < 4.78 is 4.85. The zero-order chi connectivity index (χ0) is 13.3. The van der Waals surface area contributed by atoms with Crippen molar-refractivity contribution in [3.05, 3.63) is 62.4 Å². The largest absolute Gasteiger partial charge is 0.433 e. The molecule has 1 aromatic carbocycles. The van der Waals surface area contributed by atoms with Crippen LogP contribution in [0.25, 0.3) is 0 Å². The number of hydrogen-bond donors (Lipinski definition) is 0. The number of ketones is 1. The van der Waals surface area contributed by atoms with Crippen LogP contribution < -0.4 is 0 Å². The summed E-state index contributed by atoms with van der Waals surface area (Å²) in [7, 11) is 0. The molecule has 0 fully saturated rings. The summed E-state index contributed by atoms with van der Waals surface area (Å²) in [5, 5.41) is 11.0. The summed E-state index contributed by atoms with van der Waals surface area (Å²) in [6.45, 7) is 1.77. The van der Waals surface area contributed by atoms with Gasteiger partial charge in [-0.25, -0.2) is 0 Å². The number of furan rings is 1. The lowest BCUT2D eigenvalue weighted by molar-refractivity contribution is -0.402. The minimum Gasteiger partial charge on any atom is -0.397 e. The molecule has 0 N–H and O–H groups in total. The zero-order valence-electron chi connectivity index (χ0n) is 9.34. The molecule has 18 heavy (non-hydrogen) atoms. The summed E-state index contributed by atoms with van der Waals surface area (Å²) in [5.41, 5.74) is 1.13. The molecular formula is C12H8ClNO4. The van der Waals surface area contributed by atoms with E-state index in [0.29, 0.717) is 10.6 Å². The Kier molecular flexibility index (Phi) is 3.16. The summed E-state index contributed by atoms with van der Waals surface area (Å²) in [4.78, 5) is 21.8. The monoisotopic (exact) mass is 265 g/mol. The molecule has 0 amide bonds. The highest BCUT2D eigenvalue weighted by Gasteiger charge is 2.18. The standard InChI is InChI=1S/C12H8ClNO4/c1-7-6-8(2-3-9(7)13)12(15)10-4-5-11(18-10)14(16)17/h2-6H,1H3. The van der Waals surface area contributed by atoms with Crippen molar-refractivity contribution in [3.63, 3.8) is 0 Å². The van der Waals surface area contributed by atoms with Gasteiger partial charge in [0, 0.05) is 10.6 Å². The average Bonchev–Trinajstić information content (AvgIpc) is 2.81. The van der Waals surface area contributed by atoms with E-state index in [2.05, 4.69) is 0 Å². The van der Waals surface area contributed by atoms with Gasteiger partial charge in [0.05, 0.1) is 6.07 Å². The lowest BCUT2D eigenvalue weighted by Gasteiger charge is -2.01. The number of nitro groups is 1. The van der Waals surface area contributed by atoms with Gasteiger partial charge in [-0.05, 0) is 36.8 Å². The van der Waals surface area contributed by atoms with Crippen LogP contribution in [0.2, 0.25) is 5.02 Å². The lowest BCUT2D eigenvalue weighted by atomic mass is 10.1. The molecule has 92 valence electrons. The fourth-order valence-corrected chi connectivity index (χ4v) is 1.59. The highest BCUT2D eigenvalue weighted by atomic mass is 35.5. The van der Waals surface area contributed by atoms with Gasteiger partial charge in [0.1, 0.15) is 4.92 Å². The first-order valence-electron chi connectivity index (χ1n) is 5.04. The molecule has 0 atom stereocenters. The second kappa shape index (κ2) is 4.62. The SMILES string of the molecule is Cc1cc(C(=O)c2ccc([N+](=O)[O-])o2)ccc1Cl. The van der Waals surface area contributed by atoms with Crippen molar-refractivity contribution in [3.8, 4) is 0 Å². The predicted octanol–water partition coefficient (Wildman–Crippen LogP) is 3.38. The maximum Gasteiger partial charge on any atom is 0.433 e. The van der Waals surface area contributed by atoms with Crippen LogP contribution in [0.15, 0.2) is 34.7 Å². The molecule has 5 nitrogen and oxygen atoms in total. The Morgan fingerprint density at radius 1 is 1.33 bits per heavy atom. The lowest BCUT2D eigenvalue weighted by Crippen LogP contribution is -2.00. The van der Waals surface area contributed by atoms with E-state index >= 15 is 0 Å². The fraction of sp³-hybridized carbons (Fsp3) is 0.0833. The molecule has 0 bridgehead atoms.